The van der Waals surface area contributed by atoms with Crippen LogP contribution in [0.1, 0.15) is 7.43 Å². The van der Waals surface area contributed by atoms with Gasteiger partial charge in [0, 0.05) is 12.1 Å². The first-order chi connectivity index (χ1) is 4.97. The Balaban J connectivity index is 0.000000605. The maximum Gasteiger partial charge on any atom is 0.359 e. The summed E-state index contributed by atoms with van der Waals surface area (Å²) in [6.45, 7) is 0. The molecule has 11 heavy (non-hydrogen) atoms. The molecule has 1 nitrogen and oxygen atoms in total. The first-order valence-electron chi connectivity index (χ1n) is 3.22. The van der Waals surface area contributed by atoms with E-state index in [1.807, 2.05) is 36.4 Å². The molecule has 0 unspecified atom stereocenters. The monoisotopic (exact) mass is 147 g/mol. The average Bonchev–Trinajstić information content (AvgIpc) is 2.05. The van der Waals surface area contributed by atoms with Gasteiger partial charge in [-0.3, -0.25) is 0 Å². The highest BCUT2D eigenvalue weighted by Gasteiger charge is 1.99. The van der Waals surface area contributed by atoms with Crippen molar-refractivity contribution in [1.29, 1.82) is 0 Å². The summed E-state index contributed by atoms with van der Waals surface area (Å²) in [5.74, 6) is 0. The fourth-order valence-electron chi connectivity index (χ4n) is 0.981. The lowest BCUT2D eigenvalue weighted by Crippen LogP contribution is -1.67. The zero-order valence-electron chi connectivity index (χ0n) is 5.45. The predicted octanol–water partition coefficient (Wildman–Crippen LogP) is 3.35. The third-order valence-corrected chi connectivity index (χ3v) is 1.47. The fourth-order valence-corrected chi connectivity index (χ4v) is 0.981. The van der Waals surface area contributed by atoms with Crippen LogP contribution in [0.15, 0.2) is 47.1 Å². The molecular formula is C10H11O+. The van der Waals surface area contributed by atoms with Crippen LogP contribution in [0.2, 0.25) is 0 Å². The van der Waals surface area contributed by atoms with E-state index in [0.29, 0.717) is 0 Å². The molecule has 0 aliphatic heterocycles. The Bertz CT molecular complexity index is 276. The van der Waals surface area contributed by atoms with Gasteiger partial charge in [0.25, 0.3) is 0 Å². The number of para-hydroxylation sites is 1. The van der Waals surface area contributed by atoms with Crippen molar-refractivity contribution in [3.63, 3.8) is 0 Å². The van der Waals surface area contributed by atoms with E-state index >= 15 is 0 Å². The van der Waals surface area contributed by atoms with E-state index < -0.39 is 0 Å². The lowest BCUT2D eigenvalue weighted by Gasteiger charge is -1.81. The van der Waals surface area contributed by atoms with Crippen molar-refractivity contribution < 1.29 is 4.42 Å². The van der Waals surface area contributed by atoms with Crippen molar-refractivity contribution in [2.75, 3.05) is 0 Å². The van der Waals surface area contributed by atoms with Gasteiger partial charge in [0.15, 0.2) is 0 Å². The summed E-state index contributed by atoms with van der Waals surface area (Å²) in [4.78, 5) is 0. The molecule has 0 spiro atoms. The van der Waals surface area contributed by atoms with Gasteiger partial charge < -0.3 is 0 Å². The van der Waals surface area contributed by atoms with E-state index in [1.54, 1.807) is 6.26 Å². The van der Waals surface area contributed by atoms with Crippen molar-refractivity contribution in [2.45, 2.75) is 7.43 Å². The molecule has 0 bridgehead atoms. The third-order valence-electron chi connectivity index (χ3n) is 1.47. The van der Waals surface area contributed by atoms with Crippen molar-refractivity contribution in [2.24, 2.45) is 0 Å². The maximum atomic E-state index is 5.21. The van der Waals surface area contributed by atoms with Crippen LogP contribution in [0.4, 0.5) is 0 Å². The smallest absolute Gasteiger partial charge is 0.216 e. The second-order valence-corrected chi connectivity index (χ2v) is 2.15. The zero-order chi connectivity index (χ0) is 6.81. The van der Waals surface area contributed by atoms with Crippen molar-refractivity contribution in [3.05, 3.63) is 42.7 Å². The maximum absolute atomic E-state index is 5.21. The Morgan fingerprint density at radius 1 is 0.909 bits per heavy atom. The SMILES string of the molecule is C.c1ccc2[o+]cccc2c1. The fraction of sp³-hybridized carbons (Fsp3) is 0.100. The lowest BCUT2D eigenvalue weighted by molar-refractivity contribution is 0.604. The summed E-state index contributed by atoms with van der Waals surface area (Å²) >= 11 is 0. The minimum atomic E-state index is 0. The van der Waals surface area contributed by atoms with E-state index in [0.717, 1.165) is 11.0 Å². The molecule has 1 aromatic heterocycles. The van der Waals surface area contributed by atoms with Gasteiger partial charge in [0.05, 0.1) is 5.39 Å². The van der Waals surface area contributed by atoms with Gasteiger partial charge in [0.1, 0.15) is 0 Å². The molecule has 1 heteroatoms. The van der Waals surface area contributed by atoms with Crippen LogP contribution in [0, 0.1) is 0 Å². The third kappa shape index (κ3) is 1.37. The number of hydrogen-bond donors (Lipinski definition) is 0. The van der Waals surface area contributed by atoms with E-state index in [2.05, 4.69) is 0 Å². The van der Waals surface area contributed by atoms with Crippen molar-refractivity contribution in [1.82, 2.24) is 0 Å². The minimum Gasteiger partial charge on any atom is -0.216 e. The minimum absolute atomic E-state index is 0. The van der Waals surface area contributed by atoms with Crippen molar-refractivity contribution >= 4 is 11.0 Å². The summed E-state index contributed by atoms with van der Waals surface area (Å²) in [7, 11) is 0. The Morgan fingerprint density at radius 2 is 1.64 bits per heavy atom. The molecule has 2 rings (SSSR count). The molecular weight excluding hydrogens is 136 g/mol. The largest absolute Gasteiger partial charge is 0.359 e. The van der Waals surface area contributed by atoms with Crippen LogP contribution in [0.3, 0.4) is 0 Å². The summed E-state index contributed by atoms with van der Waals surface area (Å²) in [6, 6.07) is 11.9. The van der Waals surface area contributed by atoms with Crippen LogP contribution in [0.5, 0.6) is 0 Å². The summed E-state index contributed by atoms with van der Waals surface area (Å²) in [5.41, 5.74) is 0.935. The highest BCUT2D eigenvalue weighted by atomic mass is 16.3. The Labute approximate surface area is 66.3 Å². The topological polar surface area (TPSA) is 11.3 Å². The predicted molar refractivity (Wildman–Crippen MR) is 47.4 cm³/mol. The van der Waals surface area contributed by atoms with Gasteiger partial charge in [-0.1, -0.05) is 19.6 Å². The standard InChI is InChI=1S/C9H7O.CH4/c1-2-6-9-8(4-1)5-3-7-10-9;/h1-7H;1H4/q+1;. The zero-order valence-corrected chi connectivity index (χ0v) is 5.45. The normalized spacial score (nSPS) is 9.09. The molecule has 0 atom stereocenters. The number of hydrogen-bond acceptors (Lipinski definition) is 0. The van der Waals surface area contributed by atoms with Crippen LogP contribution in [-0.4, -0.2) is 0 Å². The van der Waals surface area contributed by atoms with Gasteiger partial charge in [-0.15, -0.1) is 0 Å². The molecule has 0 amide bonds. The first kappa shape index (κ1) is 7.73. The Morgan fingerprint density at radius 3 is 2.45 bits per heavy atom. The summed E-state index contributed by atoms with van der Waals surface area (Å²) in [6.07, 6.45) is 1.68. The Kier molecular flexibility index (Phi) is 2.21. The number of rotatable bonds is 0. The second kappa shape index (κ2) is 3.15. The average molecular weight is 147 g/mol. The van der Waals surface area contributed by atoms with Gasteiger partial charge >= 0.3 is 11.8 Å². The van der Waals surface area contributed by atoms with E-state index in [4.69, 9.17) is 4.42 Å². The highest BCUT2D eigenvalue weighted by molar-refractivity contribution is 5.75. The number of benzene rings is 1. The van der Waals surface area contributed by atoms with E-state index in [1.165, 1.54) is 0 Å². The van der Waals surface area contributed by atoms with Gasteiger partial charge in [-0.25, -0.2) is 4.42 Å². The van der Waals surface area contributed by atoms with Gasteiger partial charge in [-0.2, -0.15) is 0 Å². The van der Waals surface area contributed by atoms with E-state index in [-0.39, 0.29) is 7.43 Å². The summed E-state index contributed by atoms with van der Waals surface area (Å²) in [5, 5.41) is 1.14. The molecule has 0 aliphatic rings. The van der Waals surface area contributed by atoms with Gasteiger partial charge in [0.2, 0.25) is 0 Å². The van der Waals surface area contributed by atoms with Crippen molar-refractivity contribution in [3.8, 4) is 0 Å². The molecule has 0 saturated heterocycles. The molecule has 0 N–H and O–H groups in total. The molecule has 1 aromatic carbocycles. The molecule has 56 valence electrons. The van der Waals surface area contributed by atoms with Crippen LogP contribution >= 0.6 is 0 Å². The molecule has 1 heterocycles. The van der Waals surface area contributed by atoms with Crippen LogP contribution in [0.25, 0.3) is 11.0 Å². The first-order valence-corrected chi connectivity index (χ1v) is 3.22. The van der Waals surface area contributed by atoms with Crippen LogP contribution in [-0.2, 0) is 0 Å². The molecule has 0 saturated carbocycles. The lowest BCUT2D eigenvalue weighted by atomic mass is 10.2. The van der Waals surface area contributed by atoms with E-state index in [9.17, 15) is 0 Å². The second-order valence-electron chi connectivity index (χ2n) is 2.15. The van der Waals surface area contributed by atoms with Crippen LogP contribution < -0.4 is 0 Å². The molecule has 2 aromatic rings. The highest BCUT2D eigenvalue weighted by Crippen LogP contribution is 2.11. The quantitative estimate of drug-likeness (QED) is 0.520. The van der Waals surface area contributed by atoms with Gasteiger partial charge in [-0.05, 0) is 12.1 Å². The summed E-state index contributed by atoms with van der Waals surface area (Å²) < 4.78 is 5.21. The number of fused-ring (bicyclic) bond motifs is 1. The molecule has 0 radical (unpaired) electrons. The molecule has 0 aliphatic carbocycles. The Hall–Kier alpha value is -1.37. The molecule has 0 fully saturated rings.